The van der Waals surface area contributed by atoms with Gasteiger partial charge in [-0.05, 0) is 32.9 Å². The quantitative estimate of drug-likeness (QED) is 0.277. The number of carbonyl (C=O) groups excluding carboxylic acids is 4. The van der Waals surface area contributed by atoms with Crippen LogP contribution in [0.15, 0.2) is 30.3 Å². The first-order valence-electron chi connectivity index (χ1n) is 9.12. The Morgan fingerprint density at radius 3 is 2.34 bits per heavy atom. The van der Waals surface area contributed by atoms with Gasteiger partial charge in [-0.15, -0.1) is 0 Å². The van der Waals surface area contributed by atoms with Crippen LogP contribution in [0.2, 0.25) is 0 Å². The van der Waals surface area contributed by atoms with E-state index < -0.39 is 24.2 Å². The SMILES string of the molecule is CC(C)(C)OC(=O)NOCC(=O)NCCN(CCNC=O)C(=O)c1ccccc1. The highest BCUT2D eigenvalue weighted by atomic mass is 16.7. The number of rotatable bonds is 11. The number of amides is 4. The number of hydroxylamine groups is 1. The van der Waals surface area contributed by atoms with Crippen LogP contribution in [0.1, 0.15) is 31.1 Å². The molecule has 0 aliphatic rings. The Morgan fingerprint density at radius 1 is 1.07 bits per heavy atom. The van der Waals surface area contributed by atoms with Gasteiger partial charge in [-0.2, -0.15) is 5.48 Å². The van der Waals surface area contributed by atoms with Gasteiger partial charge in [0.2, 0.25) is 12.3 Å². The molecule has 0 atom stereocenters. The summed E-state index contributed by atoms with van der Waals surface area (Å²) >= 11 is 0. The average Bonchev–Trinajstić information content (AvgIpc) is 2.65. The topological polar surface area (TPSA) is 126 Å². The van der Waals surface area contributed by atoms with Crippen molar-refractivity contribution in [3.63, 3.8) is 0 Å². The van der Waals surface area contributed by atoms with Crippen LogP contribution in [0.5, 0.6) is 0 Å². The molecule has 1 rings (SSSR count). The summed E-state index contributed by atoms with van der Waals surface area (Å²) in [5.41, 5.74) is 1.85. The number of hydrogen-bond acceptors (Lipinski definition) is 6. The second kappa shape index (κ2) is 12.3. The molecule has 0 radical (unpaired) electrons. The van der Waals surface area contributed by atoms with Crippen LogP contribution in [0.4, 0.5) is 4.79 Å². The highest BCUT2D eigenvalue weighted by molar-refractivity contribution is 5.94. The Kier molecular flexibility index (Phi) is 10.2. The van der Waals surface area contributed by atoms with Crippen LogP contribution in [0, 0.1) is 0 Å². The third kappa shape index (κ3) is 10.7. The van der Waals surface area contributed by atoms with E-state index >= 15 is 0 Å². The predicted octanol–water partition coefficient (Wildman–Crippen LogP) is 0.447. The molecule has 4 amide bonds. The molecule has 0 aliphatic carbocycles. The molecule has 0 saturated carbocycles. The molecule has 0 bridgehead atoms. The first-order chi connectivity index (χ1) is 13.7. The zero-order valence-electron chi connectivity index (χ0n) is 16.9. The number of hydrogen-bond donors (Lipinski definition) is 3. The summed E-state index contributed by atoms with van der Waals surface area (Å²) in [5, 5.41) is 5.10. The van der Waals surface area contributed by atoms with Gasteiger partial charge in [0.05, 0.1) is 0 Å². The van der Waals surface area contributed by atoms with E-state index in [9.17, 15) is 19.2 Å². The van der Waals surface area contributed by atoms with Gasteiger partial charge in [-0.3, -0.25) is 19.2 Å². The highest BCUT2D eigenvalue weighted by Gasteiger charge is 2.17. The smallest absolute Gasteiger partial charge is 0.431 e. The van der Waals surface area contributed by atoms with Gasteiger partial charge in [0, 0.05) is 31.7 Å². The first kappa shape index (κ1) is 23.9. The summed E-state index contributed by atoms with van der Waals surface area (Å²) in [7, 11) is 0. The molecule has 0 aliphatic heterocycles. The van der Waals surface area contributed by atoms with Crippen LogP contribution >= 0.6 is 0 Å². The highest BCUT2D eigenvalue weighted by Crippen LogP contribution is 2.06. The molecule has 0 spiro atoms. The van der Waals surface area contributed by atoms with E-state index in [0.717, 1.165) is 0 Å². The minimum atomic E-state index is -0.799. The molecule has 0 aromatic heterocycles. The summed E-state index contributed by atoms with van der Waals surface area (Å²) in [6, 6.07) is 8.70. The fourth-order valence-corrected chi connectivity index (χ4v) is 2.18. The van der Waals surface area contributed by atoms with Crippen molar-refractivity contribution in [2.75, 3.05) is 32.8 Å². The van der Waals surface area contributed by atoms with Crippen molar-refractivity contribution >= 4 is 24.3 Å². The minimum Gasteiger partial charge on any atom is -0.442 e. The molecule has 1 aromatic rings. The normalized spacial score (nSPS) is 10.6. The summed E-state index contributed by atoms with van der Waals surface area (Å²) in [6.07, 6.45) is -0.241. The zero-order valence-corrected chi connectivity index (χ0v) is 16.9. The van der Waals surface area contributed by atoms with E-state index in [2.05, 4.69) is 10.6 Å². The van der Waals surface area contributed by atoms with E-state index in [1.165, 1.54) is 4.90 Å². The van der Waals surface area contributed by atoms with E-state index in [1.807, 2.05) is 5.48 Å². The van der Waals surface area contributed by atoms with Gasteiger partial charge >= 0.3 is 6.09 Å². The van der Waals surface area contributed by atoms with Crippen LogP contribution in [-0.4, -0.2) is 67.6 Å². The summed E-state index contributed by atoms with van der Waals surface area (Å²) < 4.78 is 4.97. The van der Waals surface area contributed by atoms with Crippen LogP contribution in [0.25, 0.3) is 0 Å². The maximum Gasteiger partial charge on any atom is 0.431 e. The molecule has 0 fully saturated rings. The molecule has 10 nitrogen and oxygen atoms in total. The maximum absolute atomic E-state index is 12.6. The number of nitrogens with one attached hydrogen (secondary N) is 3. The van der Waals surface area contributed by atoms with Crippen molar-refractivity contribution in [1.29, 1.82) is 0 Å². The molecule has 10 heteroatoms. The van der Waals surface area contributed by atoms with Crippen LogP contribution in [-0.2, 0) is 19.2 Å². The second-order valence-electron chi connectivity index (χ2n) is 6.97. The Bertz CT molecular complexity index is 675. The Morgan fingerprint density at radius 2 is 1.72 bits per heavy atom. The van der Waals surface area contributed by atoms with Gasteiger partial charge in [-0.1, -0.05) is 18.2 Å². The summed E-state index contributed by atoms with van der Waals surface area (Å²) in [6.45, 7) is 5.69. The fourth-order valence-electron chi connectivity index (χ4n) is 2.18. The molecule has 0 saturated heterocycles. The molecular formula is C19H28N4O6. The lowest BCUT2D eigenvalue weighted by atomic mass is 10.2. The van der Waals surface area contributed by atoms with Crippen molar-refractivity contribution in [1.82, 2.24) is 21.0 Å². The van der Waals surface area contributed by atoms with Crippen molar-refractivity contribution in [3.8, 4) is 0 Å². The van der Waals surface area contributed by atoms with Crippen molar-refractivity contribution < 1.29 is 28.8 Å². The number of carbonyl (C=O) groups is 4. The fraction of sp³-hybridized carbons (Fsp3) is 0.474. The molecule has 160 valence electrons. The molecule has 0 heterocycles. The van der Waals surface area contributed by atoms with Crippen LogP contribution in [0.3, 0.4) is 0 Å². The molecule has 1 aromatic carbocycles. The number of benzene rings is 1. The Balaban J connectivity index is 2.41. The molecule has 0 unspecified atom stereocenters. The van der Waals surface area contributed by atoms with Gasteiger partial charge in [0.1, 0.15) is 5.60 Å². The average molecular weight is 408 g/mol. The van der Waals surface area contributed by atoms with Crippen molar-refractivity contribution in [2.24, 2.45) is 0 Å². The first-order valence-corrected chi connectivity index (χ1v) is 9.12. The number of nitrogens with zero attached hydrogens (tertiary/aromatic N) is 1. The van der Waals surface area contributed by atoms with E-state index in [1.54, 1.807) is 51.1 Å². The van der Waals surface area contributed by atoms with Gasteiger partial charge in [0.15, 0.2) is 6.61 Å². The maximum atomic E-state index is 12.6. The second-order valence-corrected chi connectivity index (χ2v) is 6.97. The minimum absolute atomic E-state index is 0.175. The molecular weight excluding hydrogens is 380 g/mol. The van der Waals surface area contributed by atoms with E-state index in [4.69, 9.17) is 9.57 Å². The van der Waals surface area contributed by atoms with Gasteiger partial charge in [0.25, 0.3) is 5.91 Å². The standard InChI is InChI=1S/C19H28N4O6/c1-19(2,3)29-18(27)22-28-13-16(25)21-10-12-23(11-9-20-14-24)17(26)15-7-5-4-6-8-15/h4-8,14H,9-13H2,1-3H3,(H,20,24)(H,21,25)(H,22,27). The van der Waals surface area contributed by atoms with Crippen LogP contribution < -0.4 is 16.1 Å². The Hall–Kier alpha value is -3.14. The van der Waals surface area contributed by atoms with Crippen molar-refractivity contribution in [2.45, 2.75) is 26.4 Å². The lowest BCUT2D eigenvalue weighted by molar-refractivity contribution is -0.128. The Labute approximate surface area is 169 Å². The zero-order chi connectivity index (χ0) is 21.7. The third-order valence-corrected chi connectivity index (χ3v) is 3.38. The van der Waals surface area contributed by atoms with Crippen molar-refractivity contribution in [3.05, 3.63) is 35.9 Å². The third-order valence-electron chi connectivity index (χ3n) is 3.38. The van der Waals surface area contributed by atoms with E-state index in [-0.39, 0.29) is 19.0 Å². The van der Waals surface area contributed by atoms with E-state index in [0.29, 0.717) is 25.1 Å². The molecule has 3 N–H and O–H groups in total. The number of ether oxygens (including phenoxy) is 1. The summed E-state index contributed by atoms with van der Waals surface area (Å²) in [5.74, 6) is -0.686. The van der Waals surface area contributed by atoms with Gasteiger partial charge < -0.3 is 20.3 Å². The lowest BCUT2D eigenvalue weighted by Crippen LogP contribution is -2.43. The predicted molar refractivity (Wildman–Crippen MR) is 105 cm³/mol. The summed E-state index contributed by atoms with van der Waals surface area (Å²) in [4.78, 5) is 52.5. The lowest BCUT2D eigenvalue weighted by Gasteiger charge is -2.23. The molecule has 29 heavy (non-hydrogen) atoms. The monoisotopic (exact) mass is 408 g/mol. The largest absolute Gasteiger partial charge is 0.442 e. The van der Waals surface area contributed by atoms with Gasteiger partial charge in [-0.25, -0.2) is 4.79 Å².